The number of hydrazine groups is 1. The second-order valence-electron chi connectivity index (χ2n) is 6.40. The summed E-state index contributed by atoms with van der Waals surface area (Å²) in [4.78, 5) is 12.4. The van der Waals surface area contributed by atoms with E-state index in [1.807, 2.05) is 0 Å². The highest BCUT2D eigenvalue weighted by atomic mass is 35.5. The van der Waals surface area contributed by atoms with Gasteiger partial charge in [-0.3, -0.25) is 20.4 Å². The van der Waals surface area contributed by atoms with Crippen LogP contribution in [0.15, 0.2) is 84.3 Å². The van der Waals surface area contributed by atoms with Gasteiger partial charge in [0.25, 0.3) is 15.9 Å². The lowest BCUT2D eigenvalue weighted by atomic mass is 10.2. The number of nitrogens with one attached hydrogen (secondary N) is 3. The maximum atomic E-state index is 12.7. The molecule has 9 heteroatoms. The SMILES string of the molecule is C=C(NNC(=O)c1cccc(S(=O)(=O)Nc2ccccc2Cl)c1)c1ccc(OC)cc1. The number of hydrogen-bond donors (Lipinski definition) is 3. The molecule has 0 unspecified atom stereocenters. The summed E-state index contributed by atoms with van der Waals surface area (Å²) in [5.74, 6) is 0.175. The Hall–Kier alpha value is -3.49. The quantitative estimate of drug-likeness (QED) is 0.443. The average molecular weight is 458 g/mol. The normalized spacial score (nSPS) is 10.8. The number of methoxy groups -OCH3 is 1. The smallest absolute Gasteiger partial charge is 0.269 e. The zero-order valence-electron chi connectivity index (χ0n) is 16.6. The van der Waals surface area contributed by atoms with Crippen molar-refractivity contribution in [1.29, 1.82) is 0 Å². The van der Waals surface area contributed by atoms with Crippen LogP contribution in [-0.2, 0) is 10.0 Å². The Labute approximate surface area is 185 Å². The van der Waals surface area contributed by atoms with Gasteiger partial charge in [-0.15, -0.1) is 0 Å². The highest BCUT2D eigenvalue weighted by molar-refractivity contribution is 7.92. The second-order valence-corrected chi connectivity index (χ2v) is 8.49. The molecule has 0 atom stereocenters. The van der Waals surface area contributed by atoms with Gasteiger partial charge in [0.05, 0.1) is 28.4 Å². The van der Waals surface area contributed by atoms with Gasteiger partial charge in [-0.1, -0.05) is 36.4 Å². The van der Waals surface area contributed by atoms with Crippen LogP contribution >= 0.6 is 11.6 Å². The van der Waals surface area contributed by atoms with Crippen LogP contribution in [0.1, 0.15) is 15.9 Å². The fraction of sp³-hybridized carbons (Fsp3) is 0.0455. The van der Waals surface area contributed by atoms with Gasteiger partial charge in [0, 0.05) is 5.56 Å². The molecule has 0 radical (unpaired) electrons. The molecule has 3 rings (SSSR count). The standard InChI is InChI=1S/C22H20ClN3O4S/c1-15(16-10-12-18(30-2)13-11-16)24-25-22(27)17-6-5-7-19(14-17)31(28,29)26-21-9-4-3-8-20(21)23/h3-14,24,26H,1H2,2H3,(H,25,27). The molecule has 0 bridgehead atoms. The fourth-order valence-corrected chi connectivity index (χ4v) is 3.99. The first-order valence-electron chi connectivity index (χ1n) is 9.07. The third kappa shape index (κ3) is 5.56. The van der Waals surface area contributed by atoms with Crippen molar-refractivity contribution in [1.82, 2.24) is 10.9 Å². The Morgan fingerprint density at radius 3 is 2.32 bits per heavy atom. The zero-order chi connectivity index (χ0) is 22.4. The van der Waals surface area contributed by atoms with Crippen LogP contribution in [0.25, 0.3) is 5.70 Å². The highest BCUT2D eigenvalue weighted by Gasteiger charge is 2.17. The first kappa shape index (κ1) is 22.2. The molecule has 1 amide bonds. The molecule has 0 spiro atoms. The lowest BCUT2D eigenvalue weighted by molar-refractivity contribution is 0.0942. The number of carbonyl (C=O) groups excluding carboxylic acids is 1. The minimum atomic E-state index is -3.94. The summed E-state index contributed by atoms with van der Waals surface area (Å²) in [5, 5.41) is 0.265. The molecular formula is C22H20ClN3O4S. The van der Waals surface area contributed by atoms with Crippen LogP contribution in [0.4, 0.5) is 5.69 Å². The summed E-state index contributed by atoms with van der Waals surface area (Å²) in [5.41, 5.74) is 6.84. The molecule has 0 aromatic heterocycles. The molecule has 0 heterocycles. The minimum absolute atomic E-state index is 0.0750. The van der Waals surface area contributed by atoms with E-state index in [0.717, 1.165) is 5.56 Å². The number of hydrogen-bond acceptors (Lipinski definition) is 5. The van der Waals surface area contributed by atoms with Gasteiger partial charge < -0.3 is 4.74 Å². The second kappa shape index (κ2) is 9.55. The Balaban J connectivity index is 1.69. The number of benzene rings is 3. The van der Waals surface area contributed by atoms with E-state index in [9.17, 15) is 13.2 Å². The van der Waals surface area contributed by atoms with Crippen LogP contribution in [0.2, 0.25) is 5.02 Å². The molecule has 0 aliphatic rings. The summed E-state index contributed by atoms with van der Waals surface area (Å²) in [7, 11) is -2.37. The van der Waals surface area contributed by atoms with E-state index in [2.05, 4.69) is 22.2 Å². The Morgan fingerprint density at radius 2 is 1.65 bits per heavy atom. The van der Waals surface area contributed by atoms with E-state index in [1.165, 1.54) is 24.3 Å². The van der Waals surface area contributed by atoms with Crippen molar-refractivity contribution >= 4 is 38.9 Å². The Morgan fingerprint density at radius 1 is 0.935 bits per heavy atom. The molecule has 3 aromatic carbocycles. The molecule has 0 aliphatic carbocycles. The summed E-state index contributed by atoms with van der Waals surface area (Å²) >= 11 is 6.02. The maximum Gasteiger partial charge on any atom is 0.269 e. The van der Waals surface area contributed by atoms with Crippen molar-refractivity contribution in [3.05, 3.63) is 95.5 Å². The van der Waals surface area contributed by atoms with E-state index in [-0.39, 0.29) is 21.2 Å². The van der Waals surface area contributed by atoms with Gasteiger partial charge in [-0.25, -0.2) is 8.42 Å². The monoisotopic (exact) mass is 457 g/mol. The lowest BCUT2D eigenvalue weighted by Crippen LogP contribution is -2.35. The largest absolute Gasteiger partial charge is 0.497 e. The number of halogens is 1. The highest BCUT2D eigenvalue weighted by Crippen LogP contribution is 2.24. The van der Waals surface area contributed by atoms with Crippen LogP contribution in [-0.4, -0.2) is 21.4 Å². The molecular weight excluding hydrogens is 438 g/mol. The topological polar surface area (TPSA) is 96.5 Å². The van der Waals surface area contributed by atoms with Crippen molar-refractivity contribution in [3.8, 4) is 5.75 Å². The Kier molecular flexibility index (Phi) is 6.84. The van der Waals surface area contributed by atoms with E-state index >= 15 is 0 Å². The van der Waals surface area contributed by atoms with E-state index < -0.39 is 15.9 Å². The fourth-order valence-electron chi connectivity index (χ4n) is 2.62. The predicted octanol–water partition coefficient (Wildman–Crippen LogP) is 4.05. The van der Waals surface area contributed by atoms with Crippen LogP contribution < -0.4 is 20.3 Å². The third-order valence-electron chi connectivity index (χ3n) is 4.29. The maximum absolute atomic E-state index is 12.7. The molecule has 3 aromatic rings. The number of rotatable bonds is 8. The summed E-state index contributed by atoms with van der Waals surface area (Å²) in [6.45, 7) is 3.87. The van der Waals surface area contributed by atoms with Crippen LogP contribution in [0, 0.1) is 0 Å². The number of sulfonamides is 1. The number of ether oxygens (including phenoxy) is 1. The average Bonchev–Trinajstić information content (AvgIpc) is 2.79. The van der Waals surface area contributed by atoms with Crippen molar-refractivity contribution in [2.75, 3.05) is 11.8 Å². The summed E-state index contributed by atoms with van der Waals surface area (Å²) < 4.78 is 32.9. The molecule has 160 valence electrons. The molecule has 0 aliphatic heterocycles. The van der Waals surface area contributed by atoms with Gasteiger partial charge in [0.15, 0.2) is 0 Å². The molecule has 0 fully saturated rings. The predicted molar refractivity (Wildman–Crippen MR) is 121 cm³/mol. The van der Waals surface area contributed by atoms with E-state index in [0.29, 0.717) is 11.4 Å². The number of carbonyl (C=O) groups is 1. The first-order chi connectivity index (χ1) is 14.8. The van der Waals surface area contributed by atoms with Gasteiger partial charge in [0.1, 0.15) is 5.75 Å². The van der Waals surface area contributed by atoms with Gasteiger partial charge >= 0.3 is 0 Å². The van der Waals surface area contributed by atoms with Gasteiger partial charge in [-0.2, -0.15) is 0 Å². The van der Waals surface area contributed by atoms with Crippen molar-refractivity contribution in [2.24, 2.45) is 0 Å². The zero-order valence-corrected chi connectivity index (χ0v) is 18.1. The molecule has 31 heavy (non-hydrogen) atoms. The number of amides is 1. The van der Waals surface area contributed by atoms with E-state index in [1.54, 1.807) is 55.6 Å². The van der Waals surface area contributed by atoms with Crippen LogP contribution in [0.3, 0.4) is 0 Å². The van der Waals surface area contributed by atoms with Crippen LogP contribution in [0.5, 0.6) is 5.75 Å². The number of anilines is 1. The van der Waals surface area contributed by atoms with Crippen molar-refractivity contribution < 1.29 is 17.9 Å². The Bertz CT molecular complexity index is 1210. The molecule has 0 saturated carbocycles. The first-order valence-corrected chi connectivity index (χ1v) is 10.9. The number of para-hydroxylation sites is 1. The van der Waals surface area contributed by atoms with E-state index in [4.69, 9.17) is 16.3 Å². The lowest BCUT2D eigenvalue weighted by Gasteiger charge is -2.13. The minimum Gasteiger partial charge on any atom is -0.497 e. The molecule has 3 N–H and O–H groups in total. The van der Waals surface area contributed by atoms with Gasteiger partial charge in [-0.05, 0) is 60.2 Å². The van der Waals surface area contributed by atoms with Crippen molar-refractivity contribution in [3.63, 3.8) is 0 Å². The molecule has 0 saturated heterocycles. The van der Waals surface area contributed by atoms with Gasteiger partial charge in [0.2, 0.25) is 0 Å². The summed E-state index contributed by atoms with van der Waals surface area (Å²) in [6, 6.07) is 19.2. The van der Waals surface area contributed by atoms with Crippen molar-refractivity contribution in [2.45, 2.75) is 4.90 Å². The summed E-state index contributed by atoms with van der Waals surface area (Å²) in [6.07, 6.45) is 0. The molecule has 7 nitrogen and oxygen atoms in total. The third-order valence-corrected chi connectivity index (χ3v) is 5.98.